The van der Waals surface area contributed by atoms with Crippen molar-refractivity contribution in [2.75, 3.05) is 5.75 Å². The van der Waals surface area contributed by atoms with Gasteiger partial charge in [-0.15, -0.1) is 0 Å². The summed E-state index contributed by atoms with van der Waals surface area (Å²) in [6, 6.07) is 7.29. The summed E-state index contributed by atoms with van der Waals surface area (Å²) in [6.07, 6.45) is 1.36. The lowest BCUT2D eigenvalue weighted by molar-refractivity contribution is -0.109. The first-order chi connectivity index (χ1) is 9.09. The zero-order chi connectivity index (χ0) is 13.8. The average Bonchev–Trinajstić information content (AvgIpc) is 2.43. The van der Waals surface area contributed by atoms with Crippen LogP contribution in [0.2, 0.25) is 0 Å². The lowest BCUT2D eigenvalue weighted by atomic mass is 9.99. The third kappa shape index (κ3) is 3.32. The molecule has 19 heavy (non-hydrogen) atoms. The van der Waals surface area contributed by atoms with Gasteiger partial charge in [-0.05, 0) is 17.0 Å². The number of pyridine rings is 1. The first-order valence-corrected chi connectivity index (χ1v) is 6.90. The Kier molecular flexibility index (Phi) is 4.52. The van der Waals surface area contributed by atoms with Gasteiger partial charge in [0.1, 0.15) is 6.10 Å². The van der Waals surface area contributed by atoms with Crippen molar-refractivity contribution >= 4 is 27.6 Å². The second kappa shape index (κ2) is 6.14. The molecular weight excluding hydrogens is 262 g/mol. The molecule has 0 amide bonds. The van der Waals surface area contributed by atoms with Crippen LogP contribution in [0.15, 0.2) is 36.7 Å². The van der Waals surface area contributed by atoms with Gasteiger partial charge < -0.3 is 10.2 Å². The lowest BCUT2D eigenvalue weighted by Gasteiger charge is -2.19. The van der Waals surface area contributed by atoms with Crippen molar-refractivity contribution in [1.29, 1.82) is 0 Å². The molecule has 2 N–H and O–H groups in total. The number of benzene rings is 1. The summed E-state index contributed by atoms with van der Waals surface area (Å²) >= 11 is 1.01. The van der Waals surface area contributed by atoms with E-state index in [4.69, 9.17) is 0 Å². The molecular formula is C14H15NO3S. The van der Waals surface area contributed by atoms with E-state index in [9.17, 15) is 15.0 Å². The fourth-order valence-electron chi connectivity index (χ4n) is 1.91. The number of carbonyl (C=O) groups excluding carboxylic acids is 1. The molecule has 4 nitrogen and oxygen atoms in total. The molecule has 5 heteroatoms. The molecule has 2 atom stereocenters. The molecule has 0 saturated carbocycles. The number of aliphatic hydroxyl groups excluding tert-OH is 2. The summed E-state index contributed by atoms with van der Waals surface area (Å²) in [5.74, 6) is 0.179. The quantitative estimate of drug-likeness (QED) is 0.893. The third-order valence-electron chi connectivity index (χ3n) is 2.85. The molecule has 1 aromatic carbocycles. The molecule has 0 aliphatic rings. The minimum Gasteiger partial charge on any atom is -0.389 e. The van der Waals surface area contributed by atoms with Crippen LogP contribution in [0.5, 0.6) is 0 Å². The Morgan fingerprint density at radius 2 is 2.16 bits per heavy atom. The zero-order valence-corrected chi connectivity index (χ0v) is 11.3. The van der Waals surface area contributed by atoms with Crippen molar-refractivity contribution < 1.29 is 15.0 Å². The second-order valence-corrected chi connectivity index (χ2v) is 5.46. The number of aliphatic hydroxyl groups is 2. The van der Waals surface area contributed by atoms with Crippen molar-refractivity contribution in [1.82, 2.24) is 4.98 Å². The van der Waals surface area contributed by atoms with Crippen LogP contribution in [0.3, 0.4) is 0 Å². The number of thioether (sulfide) groups is 1. The van der Waals surface area contributed by atoms with Gasteiger partial charge in [-0.25, -0.2) is 0 Å². The molecule has 1 aromatic heterocycles. The monoisotopic (exact) mass is 277 g/mol. The summed E-state index contributed by atoms with van der Waals surface area (Å²) in [5, 5.41) is 21.8. The van der Waals surface area contributed by atoms with Crippen LogP contribution in [0, 0.1) is 0 Å². The molecule has 0 fully saturated rings. The Morgan fingerprint density at radius 1 is 1.37 bits per heavy atom. The number of aromatic nitrogens is 1. The summed E-state index contributed by atoms with van der Waals surface area (Å²) in [7, 11) is 0. The average molecular weight is 277 g/mol. The van der Waals surface area contributed by atoms with Crippen LogP contribution >= 0.6 is 11.8 Å². The molecule has 0 radical (unpaired) electrons. The maximum Gasteiger partial charge on any atom is 0.185 e. The van der Waals surface area contributed by atoms with Gasteiger partial charge >= 0.3 is 0 Å². The Labute approximate surface area is 115 Å². The molecule has 100 valence electrons. The summed E-state index contributed by atoms with van der Waals surface area (Å²) in [4.78, 5) is 14.9. The molecule has 0 aliphatic heterocycles. The van der Waals surface area contributed by atoms with Gasteiger partial charge in [0, 0.05) is 30.5 Å². The molecule has 0 saturated heterocycles. The molecule has 2 aromatic rings. The van der Waals surface area contributed by atoms with Gasteiger partial charge in [0.2, 0.25) is 0 Å². The number of carbonyl (C=O) groups is 1. The van der Waals surface area contributed by atoms with Gasteiger partial charge in [-0.2, -0.15) is 0 Å². The summed E-state index contributed by atoms with van der Waals surface area (Å²) in [5.41, 5.74) is 0.650. The van der Waals surface area contributed by atoms with Crippen LogP contribution in [0.1, 0.15) is 18.6 Å². The van der Waals surface area contributed by atoms with Crippen LogP contribution in [-0.2, 0) is 4.79 Å². The Morgan fingerprint density at radius 3 is 2.89 bits per heavy atom. The fourth-order valence-corrected chi connectivity index (χ4v) is 2.49. The minimum absolute atomic E-state index is 0.0756. The van der Waals surface area contributed by atoms with E-state index in [1.54, 1.807) is 24.5 Å². The highest BCUT2D eigenvalue weighted by Gasteiger charge is 2.20. The van der Waals surface area contributed by atoms with Crippen LogP contribution < -0.4 is 0 Å². The van der Waals surface area contributed by atoms with Crippen LogP contribution in [0.4, 0.5) is 0 Å². The van der Waals surface area contributed by atoms with Crippen molar-refractivity contribution in [3.8, 4) is 0 Å². The van der Waals surface area contributed by atoms with E-state index in [-0.39, 0.29) is 10.9 Å². The molecule has 2 unspecified atom stereocenters. The normalized spacial score (nSPS) is 14.3. The third-order valence-corrected chi connectivity index (χ3v) is 3.77. The predicted octanol–water partition coefficient (Wildman–Crippen LogP) is 1.91. The maximum atomic E-state index is 10.9. The van der Waals surface area contributed by atoms with E-state index in [1.807, 2.05) is 12.1 Å². The van der Waals surface area contributed by atoms with E-state index in [2.05, 4.69) is 4.98 Å². The van der Waals surface area contributed by atoms with Crippen molar-refractivity contribution in [2.45, 2.75) is 19.1 Å². The smallest absolute Gasteiger partial charge is 0.185 e. The fraction of sp³-hybridized carbons (Fsp3) is 0.286. The highest BCUT2D eigenvalue weighted by atomic mass is 32.2. The lowest BCUT2D eigenvalue weighted by Crippen LogP contribution is -2.21. The first kappa shape index (κ1) is 14.0. The molecule has 0 spiro atoms. The van der Waals surface area contributed by atoms with Gasteiger partial charge in [-0.3, -0.25) is 9.78 Å². The predicted molar refractivity (Wildman–Crippen MR) is 75.8 cm³/mol. The zero-order valence-electron chi connectivity index (χ0n) is 10.5. The van der Waals surface area contributed by atoms with E-state index in [0.717, 1.165) is 22.5 Å². The van der Waals surface area contributed by atoms with Crippen molar-refractivity contribution in [2.24, 2.45) is 0 Å². The van der Waals surface area contributed by atoms with Gasteiger partial charge in [-0.1, -0.05) is 30.0 Å². The SMILES string of the molecule is CC(=O)SCC(O)C(O)c1cccc2cnccc12. The minimum atomic E-state index is -1.02. The largest absolute Gasteiger partial charge is 0.389 e. The van der Waals surface area contributed by atoms with Crippen LogP contribution in [-0.4, -0.2) is 32.2 Å². The maximum absolute atomic E-state index is 10.9. The number of rotatable bonds is 4. The standard InChI is InChI=1S/C14H15NO3S/c1-9(16)19-8-13(17)14(18)12-4-2-3-10-7-15-6-5-11(10)12/h2-7,13-14,17-18H,8H2,1H3. The Bertz CT molecular complexity index is 582. The highest BCUT2D eigenvalue weighted by Crippen LogP contribution is 2.27. The number of fused-ring (bicyclic) bond motifs is 1. The molecule has 0 aliphatic carbocycles. The Hall–Kier alpha value is -1.43. The van der Waals surface area contributed by atoms with Crippen molar-refractivity contribution in [3.05, 3.63) is 42.2 Å². The molecule has 0 bridgehead atoms. The number of hydrogen-bond donors (Lipinski definition) is 2. The number of hydrogen-bond acceptors (Lipinski definition) is 5. The second-order valence-electron chi connectivity index (χ2n) is 4.26. The van der Waals surface area contributed by atoms with E-state index in [1.165, 1.54) is 6.92 Å². The van der Waals surface area contributed by atoms with Gasteiger partial charge in [0.25, 0.3) is 0 Å². The van der Waals surface area contributed by atoms with Crippen LogP contribution in [0.25, 0.3) is 10.8 Å². The van der Waals surface area contributed by atoms with E-state index in [0.29, 0.717) is 5.56 Å². The summed E-state index contributed by atoms with van der Waals surface area (Å²) in [6.45, 7) is 1.44. The molecule has 1 heterocycles. The number of nitrogens with zero attached hydrogens (tertiary/aromatic N) is 1. The van der Waals surface area contributed by atoms with E-state index < -0.39 is 12.2 Å². The van der Waals surface area contributed by atoms with Gasteiger partial charge in [0.05, 0.1) is 6.10 Å². The highest BCUT2D eigenvalue weighted by molar-refractivity contribution is 8.13. The first-order valence-electron chi connectivity index (χ1n) is 5.91. The van der Waals surface area contributed by atoms with Gasteiger partial charge in [0.15, 0.2) is 5.12 Å². The molecule has 2 rings (SSSR count). The topological polar surface area (TPSA) is 70.4 Å². The summed E-state index contributed by atoms with van der Waals surface area (Å²) < 4.78 is 0. The Balaban J connectivity index is 2.25. The van der Waals surface area contributed by atoms with E-state index >= 15 is 0 Å². The van der Waals surface area contributed by atoms with Crippen molar-refractivity contribution in [3.63, 3.8) is 0 Å².